The number of carbonyl (C=O) groups excluding carboxylic acids is 1. The van der Waals surface area contributed by atoms with Crippen LogP contribution in [0.5, 0.6) is 5.75 Å². The summed E-state index contributed by atoms with van der Waals surface area (Å²) in [7, 11) is -0.280. The highest BCUT2D eigenvalue weighted by Gasteiger charge is 2.21. The molecule has 1 amide bonds. The molecule has 1 N–H and O–H groups in total. The van der Waals surface area contributed by atoms with Crippen molar-refractivity contribution in [3.05, 3.63) is 54.1 Å². The number of piperazine rings is 1. The van der Waals surface area contributed by atoms with Gasteiger partial charge in [-0.25, -0.2) is 8.42 Å². The highest BCUT2D eigenvalue weighted by atomic mass is 32.2. The second kappa shape index (κ2) is 7.98. The Labute approximate surface area is 159 Å². The monoisotopic (exact) mass is 389 g/mol. The summed E-state index contributed by atoms with van der Waals surface area (Å²) in [5.74, 6) is 0.363. The Morgan fingerprint density at radius 3 is 2.44 bits per heavy atom. The molecular weight excluding hydrogens is 366 g/mol. The molecule has 3 rings (SSSR count). The number of nitrogens with one attached hydrogen (secondary N) is 1. The third kappa shape index (κ3) is 4.58. The Balaban J connectivity index is 1.78. The van der Waals surface area contributed by atoms with E-state index < -0.39 is 10.0 Å². The van der Waals surface area contributed by atoms with Crippen LogP contribution in [0, 0.1) is 0 Å². The third-order valence-electron chi connectivity index (χ3n) is 4.50. The lowest BCUT2D eigenvalue weighted by Crippen LogP contribution is -2.47. The van der Waals surface area contributed by atoms with E-state index in [1.54, 1.807) is 41.3 Å². The van der Waals surface area contributed by atoms with Gasteiger partial charge >= 0.3 is 0 Å². The minimum absolute atomic E-state index is 0.0921. The maximum Gasteiger partial charge on any atom is 0.262 e. The fraction of sp³-hybridized carbons (Fsp3) is 0.316. The number of rotatable bonds is 5. The molecular formula is C19H23N3O4S. The van der Waals surface area contributed by atoms with Gasteiger partial charge in [-0.15, -0.1) is 0 Å². The standard InChI is InChI=1S/C19H23N3O4S/c1-21-9-11-22(12-10-21)19(23)15-5-3-6-16(13-15)20-27(24,25)18-8-4-7-17(14-18)26-2/h3-8,13-14,20H,9-12H2,1-2H3. The Kier molecular flexibility index (Phi) is 5.67. The van der Waals surface area contributed by atoms with E-state index in [-0.39, 0.29) is 10.8 Å². The second-order valence-corrected chi connectivity index (χ2v) is 8.14. The Bertz CT molecular complexity index is 922. The first kappa shape index (κ1) is 19.2. The van der Waals surface area contributed by atoms with Crippen molar-refractivity contribution in [3.8, 4) is 5.75 Å². The van der Waals surface area contributed by atoms with E-state index in [9.17, 15) is 13.2 Å². The van der Waals surface area contributed by atoms with Gasteiger partial charge in [0.15, 0.2) is 0 Å². The summed E-state index contributed by atoms with van der Waals surface area (Å²) in [5.41, 5.74) is 0.809. The molecule has 1 aliphatic heterocycles. The summed E-state index contributed by atoms with van der Waals surface area (Å²) in [6, 6.07) is 12.8. The van der Waals surface area contributed by atoms with E-state index in [1.165, 1.54) is 19.2 Å². The Morgan fingerprint density at radius 1 is 1.04 bits per heavy atom. The fourth-order valence-electron chi connectivity index (χ4n) is 2.89. The molecule has 0 radical (unpaired) electrons. The van der Waals surface area contributed by atoms with Crippen LogP contribution in [-0.4, -0.2) is 64.5 Å². The molecule has 27 heavy (non-hydrogen) atoms. The molecule has 0 atom stereocenters. The van der Waals surface area contributed by atoms with Crippen molar-refractivity contribution in [2.45, 2.75) is 4.90 Å². The third-order valence-corrected chi connectivity index (χ3v) is 5.88. The topological polar surface area (TPSA) is 78.9 Å². The summed E-state index contributed by atoms with van der Waals surface area (Å²) in [6.45, 7) is 2.98. The normalized spacial score (nSPS) is 15.4. The number of ether oxygens (including phenoxy) is 1. The van der Waals surface area contributed by atoms with Gasteiger partial charge < -0.3 is 14.5 Å². The van der Waals surface area contributed by atoms with Gasteiger partial charge in [-0.05, 0) is 37.4 Å². The lowest BCUT2D eigenvalue weighted by atomic mass is 10.1. The van der Waals surface area contributed by atoms with Crippen molar-refractivity contribution in [1.82, 2.24) is 9.80 Å². The zero-order chi connectivity index (χ0) is 19.4. The molecule has 0 aromatic heterocycles. The minimum Gasteiger partial charge on any atom is -0.497 e. The van der Waals surface area contributed by atoms with Crippen LogP contribution in [0.4, 0.5) is 5.69 Å². The van der Waals surface area contributed by atoms with Gasteiger partial charge in [-0.2, -0.15) is 0 Å². The lowest BCUT2D eigenvalue weighted by Gasteiger charge is -2.32. The Hall–Kier alpha value is -2.58. The number of anilines is 1. The van der Waals surface area contributed by atoms with Crippen LogP contribution >= 0.6 is 0 Å². The molecule has 0 aliphatic carbocycles. The highest BCUT2D eigenvalue weighted by molar-refractivity contribution is 7.92. The van der Waals surface area contributed by atoms with Crippen molar-refractivity contribution in [2.24, 2.45) is 0 Å². The fourth-order valence-corrected chi connectivity index (χ4v) is 3.97. The number of nitrogens with zero attached hydrogens (tertiary/aromatic N) is 2. The number of amides is 1. The SMILES string of the molecule is COc1cccc(S(=O)(=O)Nc2cccc(C(=O)N3CCN(C)CC3)c2)c1. The number of hydrogen-bond donors (Lipinski definition) is 1. The number of benzene rings is 2. The summed E-state index contributed by atoms with van der Waals surface area (Å²) >= 11 is 0. The molecule has 2 aromatic carbocycles. The van der Waals surface area contributed by atoms with Gasteiger partial charge in [-0.3, -0.25) is 9.52 Å². The highest BCUT2D eigenvalue weighted by Crippen LogP contribution is 2.21. The van der Waals surface area contributed by atoms with E-state index >= 15 is 0 Å². The second-order valence-electron chi connectivity index (χ2n) is 6.46. The zero-order valence-electron chi connectivity index (χ0n) is 15.4. The van der Waals surface area contributed by atoms with E-state index in [0.29, 0.717) is 30.1 Å². The van der Waals surface area contributed by atoms with E-state index in [0.717, 1.165) is 13.1 Å². The van der Waals surface area contributed by atoms with Crippen LogP contribution in [-0.2, 0) is 10.0 Å². The van der Waals surface area contributed by atoms with Crippen molar-refractivity contribution >= 4 is 21.6 Å². The quantitative estimate of drug-likeness (QED) is 0.845. The minimum atomic E-state index is -3.78. The van der Waals surface area contributed by atoms with Crippen molar-refractivity contribution < 1.29 is 17.9 Å². The van der Waals surface area contributed by atoms with Crippen LogP contribution in [0.2, 0.25) is 0 Å². The van der Waals surface area contributed by atoms with Gasteiger partial charge in [0, 0.05) is 43.5 Å². The summed E-state index contributed by atoms with van der Waals surface area (Å²) in [6.07, 6.45) is 0. The summed E-state index contributed by atoms with van der Waals surface area (Å²) < 4.78 is 32.9. The van der Waals surface area contributed by atoms with Crippen LogP contribution < -0.4 is 9.46 Å². The van der Waals surface area contributed by atoms with Gasteiger partial charge in [0.1, 0.15) is 5.75 Å². The first-order valence-electron chi connectivity index (χ1n) is 8.64. The molecule has 0 unspecified atom stereocenters. The average Bonchev–Trinajstić information content (AvgIpc) is 2.68. The number of sulfonamides is 1. The van der Waals surface area contributed by atoms with Crippen LogP contribution in [0.25, 0.3) is 0 Å². The van der Waals surface area contributed by atoms with Crippen molar-refractivity contribution in [3.63, 3.8) is 0 Å². The van der Waals surface area contributed by atoms with E-state index in [2.05, 4.69) is 9.62 Å². The van der Waals surface area contributed by atoms with E-state index in [1.807, 2.05) is 7.05 Å². The summed E-state index contributed by atoms with van der Waals surface area (Å²) in [5, 5.41) is 0. The smallest absolute Gasteiger partial charge is 0.262 e. The maximum atomic E-state index is 12.7. The average molecular weight is 389 g/mol. The molecule has 7 nitrogen and oxygen atoms in total. The largest absolute Gasteiger partial charge is 0.497 e. The first-order chi connectivity index (χ1) is 12.9. The number of carbonyl (C=O) groups is 1. The molecule has 8 heteroatoms. The molecule has 1 fully saturated rings. The zero-order valence-corrected chi connectivity index (χ0v) is 16.2. The Morgan fingerprint density at radius 2 is 1.74 bits per heavy atom. The van der Waals surface area contributed by atoms with Crippen molar-refractivity contribution in [1.29, 1.82) is 0 Å². The van der Waals surface area contributed by atoms with Gasteiger partial charge in [0.05, 0.1) is 12.0 Å². The number of likely N-dealkylation sites (N-methyl/N-ethyl adjacent to an activating group) is 1. The van der Waals surface area contributed by atoms with Crippen LogP contribution in [0.3, 0.4) is 0 Å². The van der Waals surface area contributed by atoms with Crippen LogP contribution in [0.1, 0.15) is 10.4 Å². The molecule has 0 spiro atoms. The van der Waals surface area contributed by atoms with Gasteiger partial charge in [0.25, 0.3) is 15.9 Å². The predicted molar refractivity (Wildman–Crippen MR) is 104 cm³/mol. The number of hydrogen-bond acceptors (Lipinski definition) is 5. The summed E-state index contributed by atoms with van der Waals surface area (Å²) in [4.78, 5) is 16.7. The number of methoxy groups -OCH3 is 1. The van der Waals surface area contributed by atoms with Gasteiger partial charge in [0.2, 0.25) is 0 Å². The van der Waals surface area contributed by atoms with Crippen molar-refractivity contribution in [2.75, 3.05) is 45.1 Å². The molecule has 144 valence electrons. The molecule has 1 saturated heterocycles. The molecule has 2 aromatic rings. The van der Waals surface area contributed by atoms with Gasteiger partial charge in [-0.1, -0.05) is 12.1 Å². The van der Waals surface area contributed by atoms with Crippen LogP contribution in [0.15, 0.2) is 53.4 Å². The first-order valence-corrected chi connectivity index (χ1v) is 10.1. The predicted octanol–water partition coefficient (Wildman–Crippen LogP) is 1.88. The lowest BCUT2D eigenvalue weighted by molar-refractivity contribution is 0.0664. The molecule has 1 aliphatic rings. The molecule has 0 saturated carbocycles. The van der Waals surface area contributed by atoms with E-state index in [4.69, 9.17) is 4.74 Å². The maximum absolute atomic E-state index is 12.7. The molecule has 1 heterocycles. The molecule has 0 bridgehead atoms.